The van der Waals surface area contributed by atoms with Crippen LogP contribution in [-0.2, 0) is 10.0 Å². The van der Waals surface area contributed by atoms with Crippen LogP contribution in [-0.4, -0.2) is 43.2 Å². The number of phenolic OH excluding ortho intramolecular Hbond substituents is 3. The molecule has 3 aromatic carbocycles. The molecule has 0 radical (unpaired) electrons. The highest BCUT2D eigenvalue weighted by molar-refractivity contribution is 7.93. The Morgan fingerprint density at radius 1 is 0.912 bits per heavy atom. The first-order chi connectivity index (χ1) is 15.8. The summed E-state index contributed by atoms with van der Waals surface area (Å²) < 4.78 is 27.6. The third-order valence-electron chi connectivity index (χ3n) is 5.62. The number of rotatable bonds is 7. The van der Waals surface area contributed by atoms with Crippen LogP contribution in [0.5, 0.6) is 17.2 Å². The molecule has 0 aliphatic heterocycles. The smallest absolute Gasteiger partial charge is 0.267 e. The normalized spacial score (nSPS) is 11.9. The molecule has 0 aromatic heterocycles. The van der Waals surface area contributed by atoms with Crippen LogP contribution in [0.25, 0.3) is 10.8 Å². The lowest BCUT2D eigenvalue weighted by Gasteiger charge is -2.22. The lowest BCUT2D eigenvalue weighted by Crippen LogP contribution is -2.27. The second kappa shape index (κ2) is 9.42. The highest BCUT2D eigenvalue weighted by Gasteiger charge is 2.30. The maximum atomic E-state index is 13.3. The molecule has 0 aliphatic rings. The highest BCUT2D eigenvalue weighted by Crippen LogP contribution is 2.45. The number of sulfonamides is 1. The van der Waals surface area contributed by atoms with E-state index in [-0.39, 0.29) is 17.4 Å². The van der Waals surface area contributed by atoms with Gasteiger partial charge in [-0.1, -0.05) is 39.8 Å². The van der Waals surface area contributed by atoms with Crippen molar-refractivity contribution in [2.75, 3.05) is 17.9 Å². The van der Waals surface area contributed by atoms with E-state index in [0.717, 1.165) is 15.1 Å². The number of aromatic hydroxyl groups is 3. The summed E-state index contributed by atoms with van der Waals surface area (Å²) in [5, 5.41) is 34.8. The van der Waals surface area contributed by atoms with E-state index in [4.69, 9.17) is 0 Å². The number of hydrogen-bond donors (Lipinski definition) is 4. The molecule has 0 aliphatic carbocycles. The molecule has 0 fully saturated rings. The molecule has 0 saturated heterocycles. The van der Waals surface area contributed by atoms with Crippen molar-refractivity contribution >= 4 is 32.4 Å². The molecule has 8 nitrogen and oxygen atoms in total. The van der Waals surface area contributed by atoms with Crippen LogP contribution < -0.4 is 9.62 Å². The van der Waals surface area contributed by atoms with Gasteiger partial charge >= 0.3 is 0 Å². The monoisotopic (exact) mass is 486 g/mol. The largest absolute Gasteiger partial charge is 0.504 e. The molecular formula is C25H30N2O6S. The summed E-state index contributed by atoms with van der Waals surface area (Å²) in [5.41, 5.74) is 1.03. The number of nitrogens with zero attached hydrogens (tertiary/aromatic N) is 1. The molecule has 3 aromatic rings. The van der Waals surface area contributed by atoms with Crippen LogP contribution >= 0.6 is 0 Å². The first kappa shape index (κ1) is 25.2. The molecule has 1 amide bonds. The van der Waals surface area contributed by atoms with Crippen LogP contribution in [0.2, 0.25) is 0 Å². The van der Waals surface area contributed by atoms with Crippen molar-refractivity contribution in [3.05, 3.63) is 53.6 Å². The van der Waals surface area contributed by atoms with Crippen molar-refractivity contribution in [3.8, 4) is 17.2 Å². The van der Waals surface area contributed by atoms with Crippen molar-refractivity contribution in [2.45, 2.75) is 38.5 Å². The second-order valence-electron chi connectivity index (χ2n) is 8.99. The van der Waals surface area contributed by atoms with E-state index in [1.807, 2.05) is 13.8 Å². The van der Waals surface area contributed by atoms with Gasteiger partial charge in [0.1, 0.15) is 4.90 Å². The topological polar surface area (TPSA) is 127 Å². The zero-order valence-corrected chi connectivity index (χ0v) is 20.6. The maximum Gasteiger partial charge on any atom is 0.267 e. The van der Waals surface area contributed by atoms with Gasteiger partial charge in [-0.3, -0.25) is 9.10 Å². The third kappa shape index (κ3) is 4.75. The predicted molar refractivity (Wildman–Crippen MR) is 132 cm³/mol. The Kier molecular flexibility index (Phi) is 6.97. The molecule has 9 heteroatoms. The molecule has 4 N–H and O–H groups in total. The highest BCUT2D eigenvalue weighted by atomic mass is 32.2. The number of carbonyl (C=O) groups is 1. The van der Waals surface area contributed by atoms with Gasteiger partial charge in [0.15, 0.2) is 11.5 Å². The van der Waals surface area contributed by atoms with E-state index in [2.05, 4.69) is 5.32 Å². The van der Waals surface area contributed by atoms with E-state index >= 15 is 0 Å². The fourth-order valence-corrected chi connectivity index (χ4v) is 4.84. The van der Waals surface area contributed by atoms with Crippen LogP contribution in [0.3, 0.4) is 0 Å². The summed E-state index contributed by atoms with van der Waals surface area (Å²) in [7, 11) is -2.94. The number of carbonyl (C=O) groups excluding carboxylic acids is 1. The lowest BCUT2D eigenvalue weighted by atomic mass is 10.0. The zero-order chi connectivity index (χ0) is 25.4. The molecule has 34 heavy (non-hydrogen) atoms. The van der Waals surface area contributed by atoms with Crippen LogP contribution in [0.1, 0.15) is 49.5 Å². The van der Waals surface area contributed by atoms with E-state index in [0.29, 0.717) is 23.7 Å². The first-order valence-corrected chi connectivity index (χ1v) is 12.4. The van der Waals surface area contributed by atoms with Crippen molar-refractivity contribution in [3.63, 3.8) is 0 Å². The third-order valence-corrected chi connectivity index (χ3v) is 7.42. The van der Waals surface area contributed by atoms with Gasteiger partial charge in [0.2, 0.25) is 5.75 Å². The maximum absolute atomic E-state index is 13.3. The molecule has 3 rings (SSSR count). The van der Waals surface area contributed by atoms with Crippen LogP contribution in [0.4, 0.5) is 5.69 Å². The standard InChI is InChI=1S/C25H30N2O6S/c1-14(2)13-26-25(31)18-7-6-17-11-19(9-8-16(17)10-18)27(5)34(32,33)21-12-20(15(3)4)22(28)24(30)23(21)29/h6-12,14-15,28-30H,13H2,1-5H3,(H,26,31). The van der Waals surface area contributed by atoms with Gasteiger partial charge in [0.25, 0.3) is 15.9 Å². The van der Waals surface area contributed by atoms with Crippen molar-refractivity contribution in [2.24, 2.45) is 5.92 Å². The minimum atomic E-state index is -4.28. The van der Waals surface area contributed by atoms with E-state index < -0.39 is 32.2 Å². The number of anilines is 1. The van der Waals surface area contributed by atoms with Gasteiger partial charge in [-0.25, -0.2) is 8.42 Å². The summed E-state index contributed by atoms with van der Waals surface area (Å²) in [6.45, 7) is 8.04. The number of fused-ring (bicyclic) bond motifs is 1. The van der Waals surface area contributed by atoms with Gasteiger partial charge < -0.3 is 20.6 Å². The predicted octanol–water partition coefficient (Wildman–Crippen LogP) is 4.29. The average molecular weight is 487 g/mol. The summed E-state index contributed by atoms with van der Waals surface area (Å²) in [4.78, 5) is 11.8. The molecule has 0 bridgehead atoms. The first-order valence-electron chi connectivity index (χ1n) is 10.9. The van der Waals surface area contributed by atoms with Gasteiger partial charge in [0, 0.05) is 24.7 Å². The molecule has 0 saturated carbocycles. The molecule has 0 heterocycles. The summed E-state index contributed by atoms with van der Waals surface area (Å²) in [5.74, 6) is -2.48. The van der Waals surface area contributed by atoms with Gasteiger partial charge in [-0.15, -0.1) is 0 Å². The summed E-state index contributed by atoms with van der Waals surface area (Å²) in [6, 6.07) is 11.3. The minimum Gasteiger partial charge on any atom is -0.504 e. The zero-order valence-electron chi connectivity index (χ0n) is 19.8. The fourth-order valence-electron chi connectivity index (χ4n) is 3.54. The Balaban J connectivity index is 1.98. The van der Waals surface area contributed by atoms with Crippen LogP contribution in [0, 0.1) is 5.92 Å². The number of benzene rings is 3. The number of hydrogen-bond acceptors (Lipinski definition) is 6. The van der Waals surface area contributed by atoms with Gasteiger partial charge in [-0.2, -0.15) is 0 Å². The number of amides is 1. The van der Waals surface area contributed by atoms with E-state index in [1.54, 1.807) is 50.2 Å². The SMILES string of the molecule is CC(C)CNC(=O)c1ccc2cc(N(C)S(=O)(=O)c3cc(C(C)C)c(O)c(O)c3O)ccc2c1. The minimum absolute atomic E-state index is 0.178. The van der Waals surface area contributed by atoms with Gasteiger partial charge in [-0.05, 0) is 52.9 Å². The summed E-state index contributed by atoms with van der Waals surface area (Å²) >= 11 is 0. The second-order valence-corrected chi connectivity index (χ2v) is 10.9. The molecular weight excluding hydrogens is 456 g/mol. The van der Waals surface area contributed by atoms with E-state index in [9.17, 15) is 28.5 Å². The molecule has 0 unspecified atom stereocenters. The van der Waals surface area contributed by atoms with Crippen molar-refractivity contribution < 1.29 is 28.5 Å². The molecule has 0 spiro atoms. The number of phenols is 3. The van der Waals surface area contributed by atoms with E-state index in [1.165, 1.54) is 13.1 Å². The Morgan fingerprint density at radius 2 is 1.53 bits per heavy atom. The average Bonchev–Trinajstić information content (AvgIpc) is 2.79. The Morgan fingerprint density at radius 3 is 2.15 bits per heavy atom. The molecule has 182 valence electrons. The van der Waals surface area contributed by atoms with Crippen molar-refractivity contribution in [1.82, 2.24) is 5.32 Å². The molecule has 0 atom stereocenters. The van der Waals surface area contributed by atoms with Crippen molar-refractivity contribution in [1.29, 1.82) is 0 Å². The Bertz CT molecular complexity index is 1350. The van der Waals surface area contributed by atoms with Gasteiger partial charge in [0.05, 0.1) is 5.69 Å². The quantitative estimate of drug-likeness (QED) is 0.369. The Labute approximate surface area is 199 Å². The lowest BCUT2D eigenvalue weighted by molar-refractivity contribution is 0.0949. The fraction of sp³-hybridized carbons (Fsp3) is 0.320. The number of nitrogens with one attached hydrogen (secondary N) is 1. The Hall–Kier alpha value is -3.46. The summed E-state index contributed by atoms with van der Waals surface area (Å²) in [6.07, 6.45) is 0. The van der Waals surface area contributed by atoms with Crippen LogP contribution in [0.15, 0.2) is 47.4 Å².